The molecule has 37 heavy (non-hydrogen) atoms. The van der Waals surface area contributed by atoms with Crippen LogP contribution < -0.4 is 5.32 Å². The first-order chi connectivity index (χ1) is 17.8. The van der Waals surface area contributed by atoms with Gasteiger partial charge in [-0.15, -0.1) is 0 Å². The van der Waals surface area contributed by atoms with E-state index in [9.17, 15) is 9.59 Å². The molecule has 0 heterocycles. The second-order valence-corrected chi connectivity index (χ2v) is 10.5. The van der Waals surface area contributed by atoms with Crippen LogP contribution in [0.4, 0.5) is 0 Å². The summed E-state index contributed by atoms with van der Waals surface area (Å²) in [5.74, 6) is 0.287. The fourth-order valence-electron chi connectivity index (χ4n) is 4.29. The average molecular weight is 519 g/mol. The lowest BCUT2D eigenvalue weighted by Crippen LogP contribution is -2.52. The van der Waals surface area contributed by atoms with Crippen molar-refractivity contribution < 1.29 is 9.59 Å². The van der Waals surface area contributed by atoms with Gasteiger partial charge in [0.05, 0.1) is 0 Å². The number of amides is 2. The molecule has 0 aromatic heterocycles. The molecular formula is C32H39ClN2O2. The van der Waals surface area contributed by atoms with E-state index in [0.717, 1.165) is 23.1 Å². The predicted molar refractivity (Wildman–Crippen MR) is 153 cm³/mol. The van der Waals surface area contributed by atoms with Crippen molar-refractivity contribution in [3.63, 3.8) is 0 Å². The number of carbonyl (C=O) groups excluding carboxylic acids is 2. The number of aryl methyl sites for hydroxylation is 1. The van der Waals surface area contributed by atoms with E-state index in [4.69, 9.17) is 11.6 Å². The van der Waals surface area contributed by atoms with Crippen LogP contribution in [-0.4, -0.2) is 28.8 Å². The smallest absolute Gasteiger partial charge is 0.243 e. The number of rotatable bonds is 12. The molecule has 0 fully saturated rings. The van der Waals surface area contributed by atoms with Gasteiger partial charge in [-0.25, -0.2) is 0 Å². The maximum absolute atomic E-state index is 13.8. The van der Waals surface area contributed by atoms with E-state index in [-0.39, 0.29) is 17.9 Å². The summed E-state index contributed by atoms with van der Waals surface area (Å²) in [7, 11) is 0. The predicted octanol–water partition coefficient (Wildman–Crippen LogP) is 6.95. The number of hydrogen-bond donors (Lipinski definition) is 1. The minimum atomic E-state index is -0.633. The Hall–Kier alpha value is -3.11. The summed E-state index contributed by atoms with van der Waals surface area (Å²) in [6.07, 6.45) is 2.20. The lowest BCUT2D eigenvalue weighted by atomic mass is 9.99. The molecule has 0 spiro atoms. The van der Waals surface area contributed by atoms with Gasteiger partial charge >= 0.3 is 0 Å². The molecular weight excluding hydrogens is 480 g/mol. The molecule has 4 nitrogen and oxygen atoms in total. The van der Waals surface area contributed by atoms with E-state index >= 15 is 0 Å². The highest BCUT2D eigenvalue weighted by molar-refractivity contribution is 6.30. The van der Waals surface area contributed by atoms with Gasteiger partial charge in [-0.1, -0.05) is 99.1 Å². The number of carbonyl (C=O) groups is 2. The van der Waals surface area contributed by atoms with Crippen LogP contribution in [-0.2, 0) is 29.0 Å². The molecule has 0 aliphatic heterocycles. The van der Waals surface area contributed by atoms with Gasteiger partial charge in [0.15, 0.2) is 0 Å². The van der Waals surface area contributed by atoms with Crippen LogP contribution in [0.15, 0.2) is 78.9 Å². The number of hydrogen-bond acceptors (Lipinski definition) is 2. The van der Waals surface area contributed by atoms with Crippen LogP contribution in [0.5, 0.6) is 0 Å². The van der Waals surface area contributed by atoms with E-state index in [1.807, 2.05) is 68.4 Å². The van der Waals surface area contributed by atoms with Crippen molar-refractivity contribution in [1.29, 1.82) is 0 Å². The Balaban J connectivity index is 1.89. The number of benzene rings is 3. The number of halogens is 1. The Kier molecular flexibility index (Phi) is 10.8. The summed E-state index contributed by atoms with van der Waals surface area (Å²) in [5.41, 5.74) is 4.31. The summed E-state index contributed by atoms with van der Waals surface area (Å²) in [6, 6.07) is 25.2. The van der Waals surface area contributed by atoms with Crippen molar-refractivity contribution in [2.45, 2.75) is 77.9 Å². The highest BCUT2D eigenvalue weighted by Gasteiger charge is 2.30. The molecule has 0 aliphatic rings. The van der Waals surface area contributed by atoms with E-state index in [1.54, 1.807) is 4.90 Å². The van der Waals surface area contributed by atoms with E-state index in [1.165, 1.54) is 5.56 Å². The van der Waals surface area contributed by atoms with Crippen LogP contribution in [0.25, 0.3) is 0 Å². The second kappa shape index (κ2) is 14.0. The highest BCUT2D eigenvalue weighted by atomic mass is 35.5. The summed E-state index contributed by atoms with van der Waals surface area (Å²) in [4.78, 5) is 29.1. The monoisotopic (exact) mass is 518 g/mol. The molecule has 196 valence electrons. The fourth-order valence-corrected chi connectivity index (χ4v) is 4.50. The summed E-state index contributed by atoms with van der Waals surface area (Å²) < 4.78 is 0. The largest absolute Gasteiger partial charge is 0.352 e. The molecule has 3 rings (SSSR count). The lowest BCUT2D eigenvalue weighted by molar-refractivity contribution is -0.141. The van der Waals surface area contributed by atoms with Crippen LogP contribution in [0.1, 0.15) is 68.7 Å². The third-order valence-electron chi connectivity index (χ3n) is 6.79. The maximum atomic E-state index is 13.8. The van der Waals surface area contributed by atoms with Gasteiger partial charge in [0.2, 0.25) is 11.8 Å². The van der Waals surface area contributed by atoms with Gasteiger partial charge in [-0.05, 0) is 60.1 Å². The topological polar surface area (TPSA) is 49.4 Å². The fraction of sp³-hybridized carbons (Fsp3) is 0.375. The molecule has 1 N–H and O–H groups in total. The summed E-state index contributed by atoms with van der Waals surface area (Å²) in [5, 5.41) is 3.72. The molecule has 5 heteroatoms. The first-order valence-electron chi connectivity index (χ1n) is 13.2. The van der Waals surface area contributed by atoms with Crippen molar-refractivity contribution in [2.24, 2.45) is 0 Å². The zero-order valence-corrected chi connectivity index (χ0v) is 23.2. The lowest BCUT2D eigenvalue weighted by Gasteiger charge is -2.32. The van der Waals surface area contributed by atoms with Gasteiger partial charge in [0, 0.05) is 30.5 Å². The zero-order valence-electron chi connectivity index (χ0n) is 22.4. The van der Waals surface area contributed by atoms with E-state index < -0.39 is 6.04 Å². The molecule has 3 aromatic rings. The van der Waals surface area contributed by atoms with Gasteiger partial charge in [-0.2, -0.15) is 0 Å². The van der Waals surface area contributed by atoms with Crippen LogP contribution in [0, 0.1) is 0 Å². The minimum Gasteiger partial charge on any atom is -0.352 e. The Labute approximate surface area is 227 Å². The van der Waals surface area contributed by atoms with Gasteiger partial charge in [0.1, 0.15) is 6.04 Å². The van der Waals surface area contributed by atoms with Crippen molar-refractivity contribution in [3.05, 3.63) is 106 Å². The molecule has 0 bridgehead atoms. The first-order valence-corrected chi connectivity index (χ1v) is 13.6. The van der Waals surface area contributed by atoms with Gasteiger partial charge < -0.3 is 10.2 Å². The quantitative estimate of drug-likeness (QED) is 0.282. The molecule has 2 atom stereocenters. The standard InChI is InChI=1S/C32H39ClN2O2/c1-5-24(4)34-32(37)30(21-26-10-7-6-8-11-26)35(22-27-12-9-13-29(33)20-27)31(36)19-16-25-14-17-28(18-15-25)23(2)3/h6-15,17-18,20,23-24,30H,5,16,19,21-22H2,1-4H3,(H,34,37)/t24-,30-/m0/s1. The number of nitrogens with one attached hydrogen (secondary N) is 1. The summed E-state index contributed by atoms with van der Waals surface area (Å²) >= 11 is 6.26. The van der Waals surface area contributed by atoms with E-state index in [2.05, 4.69) is 43.4 Å². The third-order valence-corrected chi connectivity index (χ3v) is 7.02. The Morgan fingerprint density at radius 3 is 2.16 bits per heavy atom. The Bertz CT molecular complexity index is 1140. The van der Waals surface area contributed by atoms with Crippen molar-refractivity contribution >= 4 is 23.4 Å². The normalized spacial score (nSPS) is 12.7. The third kappa shape index (κ3) is 8.75. The molecule has 0 aliphatic carbocycles. The maximum Gasteiger partial charge on any atom is 0.243 e. The Morgan fingerprint density at radius 2 is 1.54 bits per heavy atom. The van der Waals surface area contributed by atoms with E-state index in [0.29, 0.717) is 36.7 Å². The van der Waals surface area contributed by atoms with Crippen molar-refractivity contribution in [2.75, 3.05) is 0 Å². The average Bonchev–Trinajstić information content (AvgIpc) is 2.90. The SMILES string of the molecule is CC[C@H](C)NC(=O)[C@H](Cc1ccccc1)N(Cc1cccc(Cl)c1)C(=O)CCc1ccc(C(C)C)cc1. The van der Waals surface area contributed by atoms with Gasteiger partial charge in [-0.3, -0.25) is 9.59 Å². The highest BCUT2D eigenvalue weighted by Crippen LogP contribution is 2.20. The molecule has 0 unspecified atom stereocenters. The van der Waals surface area contributed by atoms with Crippen LogP contribution in [0.3, 0.4) is 0 Å². The van der Waals surface area contributed by atoms with Gasteiger partial charge in [0.25, 0.3) is 0 Å². The first kappa shape index (κ1) is 28.5. The van der Waals surface area contributed by atoms with Crippen molar-refractivity contribution in [1.82, 2.24) is 10.2 Å². The molecule has 3 aromatic carbocycles. The second-order valence-electron chi connectivity index (χ2n) is 10.1. The Morgan fingerprint density at radius 1 is 0.865 bits per heavy atom. The minimum absolute atomic E-state index is 0.0216. The molecule has 0 radical (unpaired) electrons. The van der Waals surface area contributed by atoms with Crippen molar-refractivity contribution in [3.8, 4) is 0 Å². The van der Waals surface area contributed by atoms with Crippen LogP contribution >= 0.6 is 11.6 Å². The van der Waals surface area contributed by atoms with Crippen LogP contribution in [0.2, 0.25) is 5.02 Å². The molecule has 2 amide bonds. The summed E-state index contributed by atoms with van der Waals surface area (Å²) in [6.45, 7) is 8.68. The zero-order chi connectivity index (χ0) is 26.8. The number of nitrogens with zero attached hydrogens (tertiary/aromatic N) is 1. The molecule has 0 saturated carbocycles. The molecule has 0 saturated heterocycles.